The highest BCUT2D eigenvalue weighted by Crippen LogP contribution is 2.24. The van der Waals surface area contributed by atoms with Crippen LogP contribution < -0.4 is 4.74 Å². The van der Waals surface area contributed by atoms with E-state index >= 15 is 0 Å². The molecule has 0 radical (unpaired) electrons. The smallest absolute Gasteiger partial charge is 0.254 e. The minimum Gasteiger partial charge on any atom is -0.508 e. The lowest BCUT2D eigenvalue weighted by molar-refractivity contribution is -0.132. The molecule has 1 fully saturated rings. The lowest BCUT2D eigenvalue weighted by atomic mass is 9.87. The largest absolute Gasteiger partial charge is 0.508 e. The molecule has 1 aliphatic rings. The van der Waals surface area contributed by atoms with Crippen LogP contribution in [0.5, 0.6) is 11.5 Å². The highest BCUT2D eigenvalue weighted by atomic mass is 16.5. The van der Waals surface area contributed by atoms with E-state index in [9.17, 15) is 14.7 Å². The third-order valence-corrected chi connectivity index (χ3v) is 5.54. The van der Waals surface area contributed by atoms with Crippen LogP contribution >= 0.6 is 0 Å². The van der Waals surface area contributed by atoms with E-state index in [1.807, 2.05) is 17.0 Å². The number of hydrogen-bond acceptors (Lipinski definition) is 4. The number of amides is 2. The summed E-state index contributed by atoms with van der Waals surface area (Å²) in [7, 11) is 0. The highest BCUT2D eigenvalue weighted by Gasteiger charge is 2.24. The van der Waals surface area contributed by atoms with Gasteiger partial charge in [0, 0.05) is 38.2 Å². The topological polar surface area (TPSA) is 70.1 Å². The summed E-state index contributed by atoms with van der Waals surface area (Å²) in [4.78, 5) is 28.6. The monoisotopic (exact) mass is 424 g/mol. The number of benzene rings is 2. The molecule has 166 valence electrons. The van der Waals surface area contributed by atoms with Crippen molar-refractivity contribution in [1.29, 1.82) is 0 Å². The zero-order valence-corrected chi connectivity index (χ0v) is 18.6. The number of phenols is 1. The van der Waals surface area contributed by atoms with Gasteiger partial charge in [0.1, 0.15) is 11.5 Å². The molecule has 0 aromatic heterocycles. The van der Waals surface area contributed by atoms with Gasteiger partial charge in [0.25, 0.3) is 5.91 Å². The zero-order chi connectivity index (χ0) is 22.4. The van der Waals surface area contributed by atoms with Crippen LogP contribution in [0.25, 0.3) is 0 Å². The average molecular weight is 425 g/mol. The first-order valence-corrected chi connectivity index (χ1v) is 10.8. The SMILES string of the molecule is CC(C)(C)c1ccc(OCCCC(=O)N2CCN(C(=O)c3cccc(O)c3)CC2)cc1. The number of rotatable bonds is 6. The number of hydrogen-bond donors (Lipinski definition) is 1. The summed E-state index contributed by atoms with van der Waals surface area (Å²) < 4.78 is 5.77. The molecule has 0 atom stereocenters. The van der Waals surface area contributed by atoms with Gasteiger partial charge in [-0.1, -0.05) is 39.0 Å². The van der Waals surface area contributed by atoms with Gasteiger partial charge in [0.15, 0.2) is 0 Å². The maximum absolute atomic E-state index is 12.5. The van der Waals surface area contributed by atoms with Crippen molar-refractivity contribution in [2.45, 2.75) is 39.0 Å². The van der Waals surface area contributed by atoms with Crippen molar-refractivity contribution < 1.29 is 19.4 Å². The first-order valence-electron chi connectivity index (χ1n) is 10.8. The molecule has 0 saturated carbocycles. The van der Waals surface area contributed by atoms with Crippen molar-refractivity contribution in [3.63, 3.8) is 0 Å². The summed E-state index contributed by atoms with van der Waals surface area (Å²) in [6, 6.07) is 14.5. The Morgan fingerprint density at radius 2 is 1.61 bits per heavy atom. The molecule has 2 aromatic rings. The average Bonchev–Trinajstić information content (AvgIpc) is 2.76. The van der Waals surface area contributed by atoms with E-state index < -0.39 is 0 Å². The van der Waals surface area contributed by atoms with Gasteiger partial charge in [-0.2, -0.15) is 0 Å². The molecule has 1 heterocycles. The Morgan fingerprint density at radius 3 is 2.23 bits per heavy atom. The molecule has 0 spiro atoms. The number of nitrogens with zero attached hydrogens (tertiary/aromatic N) is 2. The molecule has 6 heteroatoms. The molecule has 2 aromatic carbocycles. The number of ether oxygens (including phenoxy) is 1. The zero-order valence-electron chi connectivity index (χ0n) is 18.6. The van der Waals surface area contributed by atoms with Gasteiger partial charge >= 0.3 is 0 Å². The van der Waals surface area contributed by atoms with Gasteiger partial charge in [0.05, 0.1) is 6.61 Å². The predicted molar refractivity (Wildman–Crippen MR) is 120 cm³/mol. The van der Waals surface area contributed by atoms with Crippen molar-refractivity contribution in [3.8, 4) is 11.5 Å². The molecule has 31 heavy (non-hydrogen) atoms. The molecule has 2 amide bonds. The highest BCUT2D eigenvalue weighted by molar-refractivity contribution is 5.94. The van der Waals surface area contributed by atoms with Crippen molar-refractivity contribution >= 4 is 11.8 Å². The van der Waals surface area contributed by atoms with Crippen LogP contribution in [0.1, 0.15) is 49.5 Å². The number of carbonyl (C=O) groups excluding carboxylic acids is 2. The standard InChI is InChI=1S/C25H32N2O4/c1-25(2,3)20-9-11-22(12-10-20)31-17-5-8-23(29)26-13-15-27(16-14-26)24(30)19-6-4-7-21(28)18-19/h4,6-7,9-12,18,28H,5,8,13-17H2,1-3H3. The second kappa shape index (κ2) is 9.86. The normalized spacial score (nSPS) is 14.4. The first kappa shape index (κ1) is 22.7. The third-order valence-electron chi connectivity index (χ3n) is 5.54. The van der Waals surface area contributed by atoms with Crippen molar-refractivity contribution in [1.82, 2.24) is 9.80 Å². The van der Waals surface area contributed by atoms with Gasteiger partial charge in [-0.05, 0) is 47.7 Å². The Bertz CT molecular complexity index is 894. The van der Waals surface area contributed by atoms with E-state index in [-0.39, 0.29) is 23.0 Å². The van der Waals surface area contributed by atoms with Crippen LogP contribution in [0.2, 0.25) is 0 Å². The summed E-state index contributed by atoms with van der Waals surface area (Å²) in [5.41, 5.74) is 1.84. The number of carbonyl (C=O) groups is 2. The van der Waals surface area contributed by atoms with E-state index in [1.165, 1.54) is 17.7 Å². The molecule has 1 aliphatic heterocycles. The predicted octanol–water partition coefficient (Wildman–Crippen LogP) is 3.83. The van der Waals surface area contributed by atoms with Crippen molar-refractivity contribution in [3.05, 3.63) is 59.7 Å². The Labute approximate surface area is 184 Å². The fraction of sp³-hybridized carbons (Fsp3) is 0.440. The van der Waals surface area contributed by atoms with Crippen LogP contribution in [-0.4, -0.2) is 59.5 Å². The van der Waals surface area contributed by atoms with Gasteiger partial charge in [0.2, 0.25) is 5.91 Å². The second-order valence-corrected chi connectivity index (χ2v) is 8.95. The van der Waals surface area contributed by atoms with Crippen molar-refractivity contribution in [2.24, 2.45) is 0 Å². The van der Waals surface area contributed by atoms with Gasteiger partial charge in [-0.3, -0.25) is 9.59 Å². The second-order valence-electron chi connectivity index (χ2n) is 8.95. The van der Waals surface area contributed by atoms with Crippen LogP contribution in [0, 0.1) is 0 Å². The Balaban J connectivity index is 1.38. The molecule has 1 N–H and O–H groups in total. The van der Waals surface area contributed by atoms with Gasteiger partial charge in [-0.15, -0.1) is 0 Å². The lowest BCUT2D eigenvalue weighted by Crippen LogP contribution is -2.50. The maximum Gasteiger partial charge on any atom is 0.254 e. The van der Waals surface area contributed by atoms with Crippen LogP contribution in [-0.2, 0) is 10.2 Å². The molecule has 0 bridgehead atoms. The van der Waals surface area contributed by atoms with E-state index in [4.69, 9.17) is 4.74 Å². The minimum atomic E-state index is -0.117. The van der Waals surface area contributed by atoms with Crippen LogP contribution in [0.4, 0.5) is 0 Å². The molecule has 1 saturated heterocycles. The molecule has 3 rings (SSSR count). The molecular weight excluding hydrogens is 392 g/mol. The number of piperazine rings is 1. The summed E-state index contributed by atoms with van der Waals surface area (Å²) in [6.07, 6.45) is 1.09. The quantitative estimate of drug-likeness (QED) is 0.716. The van der Waals surface area contributed by atoms with Crippen LogP contribution in [0.15, 0.2) is 48.5 Å². The molecule has 0 aliphatic carbocycles. The lowest BCUT2D eigenvalue weighted by Gasteiger charge is -2.35. The van der Waals surface area contributed by atoms with Crippen molar-refractivity contribution in [2.75, 3.05) is 32.8 Å². The summed E-state index contributed by atoms with van der Waals surface area (Å²) in [5, 5.41) is 9.56. The minimum absolute atomic E-state index is 0.0760. The molecular formula is C25H32N2O4. The fourth-order valence-corrected chi connectivity index (χ4v) is 3.60. The third kappa shape index (κ3) is 6.23. The van der Waals surface area contributed by atoms with Crippen LogP contribution in [0.3, 0.4) is 0 Å². The Hall–Kier alpha value is -3.02. The van der Waals surface area contributed by atoms with E-state index in [2.05, 4.69) is 32.9 Å². The van der Waals surface area contributed by atoms with Gasteiger partial charge in [-0.25, -0.2) is 0 Å². The molecule has 0 unspecified atom stereocenters. The maximum atomic E-state index is 12.5. The summed E-state index contributed by atoms with van der Waals surface area (Å²) in [6.45, 7) is 9.07. The number of aromatic hydroxyl groups is 1. The fourth-order valence-electron chi connectivity index (χ4n) is 3.60. The van der Waals surface area contributed by atoms with Gasteiger partial charge < -0.3 is 19.6 Å². The van der Waals surface area contributed by atoms with E-state index in [0.717, 1.165) is 5.75 Å². The first-order chi connectivity index (χ1) is 14.7. The Morgan fingerprint density at radius 1 is 0.968 bits per heavy atom. The Kier molecular flexibility index (Phi) is 7.21. The number of phenolic OH excluding ortho intramolecular Hbond substituents is 1. The molecule has 6 nitrogen and oxygen atoms in total. The van der Waals surface area contributed by atoms with E-state index in [1.54, 1.807) is 17.0 Å². The summed E-state index contributed by atoms with van der Waals surface area (Å²) >= 11 is 0. The summed E-state index contributed by atoms with van der Waals surface area (Å²) in [5.74, 6) is 0.872. The van der Waals surface area contributed by atoms with E-state index in [0.29, 0.717) is 51.2 Å².